The molecule has 0 radical (unpaired) electrons. The summed E-state index contributed by atoms with van der Waals surface area (Å²) in [4.78, 5) is 12.7. The van der Waals surface area contributed by atoms with E-state index in [1.165, 1.54) is 12.1 Å². The fourth-order valence-corrected chi connectivity index (χ4v) is 2.94. The van der Waals surface area contributed by atoms with Gasteiger partial charge in [0.25, 0.3) is 9.05 Å². The second-order valence-corrected chi connectivity index (χ2v) is 7.41. The normalized spacial score (nSPS) is 12.0. The van der Waals surface area contributed by atoms with E-state index < -0.39 is 9.05 Å². The van der Waals surface area contributed by atoms with E-state index in [-0.39, 0.29) is 10.8 Å². The lowest BCUT2D eigenvalue weighted by molar-refractivity contribution is 0.609. The highest BCUT2D eigenvalue weighted by molar-refractivity contribution is 8.13. The molecule has 0 unspecified atom stereocenters. The number of fused-ring (bicyclic) bond motifs is 1. The number of nitrogen functional groups attached to an aromatic ring is 1. The van der Waals surface area contributed by atoms with Crippen molar-refractivity contribution in [3.63, 3.8) is 0 Å². The van der Waals surface area contributed by atoms with Gasteiger partial charge in [-0.15, -0.1) is 0 Å². The average Bonchev–Trinajstić information content (AvgIpc) is 2.81. The van der Waals surface area contributed by atoms with Crippen molar-refractivity contribution in [3.05, 3.63) is 35.8 Å². The summed E-state index contributed by atoms with van der Waals surface area (Å²) in [5.41, 5.74) is 7.89. The second-order valence-electron chi connectivity index (χ2n) is 4.84. The van der Waals surface area contributed by atoms with Crippen molar-refractivity contribution >= 4 is 31.5 Å². The van der Waals surface area contributed by atoms with Gasteiger partial charge in [-0.3, -0.25) is 4.40 Å². The van der Waals surface area contributed by atoms with E-state index in [1.807, 2.05) is 6.92 Å². The first-order valence-electron chi connectivity index (χ1n) is 6.30. The summed E-state index contributed by atoms with van der Waals surface area (Å²) < 4.78 is 24.5. The Bertz CT molecular complexity index is 997. The molecule has 114 valence electrons. The Hall–Kier alpha value is -2.19. The number of nitrogens with zero attached hydrogens (tertiary/aromatic N) is 4. The van der Waals surface area contributed by atoms with Gasteiger partial charge in [0, 0.05) is 22.4 Å². The smallest absolute Gasteiger partial charge is 0.261 e. The molecular weight excluding hydrogens is 326 g/mol. The van der Waals surface area contributed by atoms with Crippen LogP contribution in [0.2, 0.25) is 0 Å². The molecule has 9 heteroatoms. The number of rotatable bonds is 2. The van der Waals surface area contributed by atoms with Crippen molar-refractivity contribution in [3.8, 4) is 11.3 Å². The number of anilines is 1. The molecule has 0 amide bonds. The van der Waals surface area contributed by atoms with Gasteiger partial charge in [-0.2, -0.15) is 9.97 Å². The molecule has 3 aromatic rings. The molecule has 0 aliphatic carbocycles. The SMILES string of the molecule is Cc1nc(N)n2cc(-c3cc(S(=O)(=O)Cl)ccc3C)nc2n1. The first-order valence-corrected chi connectivity index (χ1v) is 8.61. The molecular formula is C13H12ClN5O2S. The number of aryl methyl sites for hydroxylation is 2. The molecule has 1 aromatic carbocycles. The monoisotopic (exact) mass is 337 g/mol. The van der Waals surface area contributed by atoms with Gasteiger partial charge >= 0.3 is 0 Å². The Labute approximate surface area is 131 Å². The van der Waals surface area contributed by atoms with Gasteiger partial charge in [0.15, 0.2) is 0 Å². The molecule has 3 rings (SSSR count). The van der Waals surface area contributed by atoms with E-state index in [0.717, 1.165) is 5.56 Å². The van der Waals surface area contributed by atoms with Crippen LogP contribution in [0.3, 0.4) is 0 Å². The maximum atomic E-state index is 11.5. The van der Waals surface area contributed by atoms with E-state index in [2.05, 4.69) is 15.0 Å². The zero-order valence-electron chi connectivity index (χ0n) is 11.8. The quantitative estimate of drug-likeness (QED) is 0.716. The summed E-state index contributed by atoms with van der Waals surface area (Å²) in [5, 5.41) is 0. The molecule has 0 aliphatic rings. The summed E-state index contributed by atoms with van der Waals surface area (Å²) in [6.45, 7) is 3.57. The molecule has 2 N–H and O–H groups in total. The minimum atomic E-state index is -3.81. The summed E-state index contributed by atoms with van der Waals surface area (Å²) in [7, 11) is 1.59. The number of benzene rings is 1. The summed E-state index contributed by atoms with van der Waals surface area (Å²) in [5.74, 6) is 1.18. The Balaban J connectivity index is 2.25. The highest BCUT2D eigenvalue weighted by atomic mass is 35.7. The van der Waals surface area contributed by atoms with E-state index in [9.17, 15) is 8.42 Å². The maximum Gasteiger partial charge on any atom is 0.261 e. The number of nitrogens with two attached hydrogens (primary N) is 1. The minimum absolute atomic E-state index is 0.0158. The highest BCUT2D eigenvalue weighted by Gasteiger charge is 2.15. The molecule has 0 bridgehead atoms. The third-order valence-corrected chi connectivity index (χ3v) is 4.59. The van der Waals surface area contributed by atoms with Gasteiger partial charge in [-0.05, 0) is 31.5 Å². The van der Waals surface area contributed by atoms with Crippen molar-refractivity contribution in [1.82, 2.24) is 19.4 Å². The fourth-order valence-electron chi connectivity index (χ4n) is 2.17. The van der Waals surface area contributed by atoms with Crippen molar-refractivity contribution in [2.45, 2.75) is 18.7 Å². The van der Waals surface area contributed by atoms with E-state index in [1.54, 1.807) is 23.6 Å². The van der Waals surface area contributed by atoms with Crippen LogP contribution in [0.1, 0.15) is 11.4 Å². The average molecular weight is 338 g/mol. The van der Waals surface area contributed by atoms with E-state index in [0.29, 0.717) is 22.9 Å². The minimum Gasteiger partial charge on any atom is -0.369 e. The molecule has 7 nitrogen and oxygen atoms in total. The number of halogens is 1. The maximum absolute atomic E-state index is 11.5. The van der Waals surface area contributed by atoms with E-state index >= 15 is 0 Å². The molecule has 0 fully saturated rings. The number of hydrogen-bond acceptors (Lipinski definition) is 6. The molecule has 22 heavy (non-hydrogen) atoms. The van der Waals surface area contributed by atoms with Gasteiger partial charge < -0.3 is 5.73 Å². The number of aromatic nitrogens is 4. The zero-order chi connectivity index (χ0) is 16.1. The zero-order valence-corrected chi connectivity index (χ0v) is 13.4. The van der Waals surface area contributed by atoms with Crippen LogP contribution >= 0.6 is 10.7 Å². The second kappa shape index (κ2) is 4.92. The van der Waals surface area contributed by atoms with Crippen molar-refractivity contribution in [1.29, 1.82) is 0 Å². The summed E-state index contributed by atoms with van der Waals surface area (Å²) >= 11 is 0. The number of hydrogen-bond donors (Lipinski definition) is 1. The van der Waals surface area contributed by atoms with Crippen LogP contribution in [0.25, 0.3) is 17.0 Å². The summed E-state index contributed by atoms with van der Waals surface area (Å²) in [6.07, 6.45) is 1.66. The Morgan fingerprint density at radius 3 is 2.59 bits per heavy atom. The molecule has 0 spiro atoms. The predicted octanol–water partition coefficient (Wildman–Crippen LogP) is 1.92. The van der Waals surface area contributed by atoms with Crippen molar-refractivity contribution < 1.29 is 8.42 Å². The van der Waals surface area contributed by atoms with Gasteiger partial charge in [0.1, 0.15) is 5.82 Å². The Morgan fingerprint density at radius 2 is 1.91 bits per heavy atom. The van der Waals surface area contributed by atoms with Gasteiger partial charge in [0.2, 0.25) is 11.7 Å². The topological polar surface area (TPSA) is 103 Å². The van der Waals surface area contributed by atoms with E-state index in [4.69, 9.17) is 16.4 Å². The van der Waals surface area contributed by atoms with Crippen LogP contribution < -0.4 is 5.73 Å². The van der Waals surface area contributed by atoms with Crippen LogP contribution in [-0.2, 0) is 9.05 Å². The Morgan fingerprint density at radius 1 is 1.18 bits per heavy atom. The molecule has 0 saturated carbocycles. The lowest BCUT2D eigenvalue weighted by Gasteiger charge is -2.04. The lowest BCUT2D eigenvalue weighted by atomic mass is 10.1. The fraction of sp³-hybridized carbons (Fsp3) is 0.154. The molecule has 0 aliphatic heterocycles. The van der Waals surface area contributed by atoms with Gasteiger partial charge in [-0.1, -0.05) is 6.07 Å². The number of imidazole rings is 1. The molecule has 2 aromatic heterocycles. The third-order valence-electron chi connectivity index (χ3n) is 3.24. The van der Waals surface area contributed by atoms with Crippen LogP contribution in [0.4, 0.5) is 5.95 Å². The highest BCUT2D eigenvalue weighted by Crippen LogP contribution is 2.27. The molecule has 0 saturated heterocycles. The lowest BCUT2D eigenvalue weighted by Crippen LogP contribution is -2.03. The first kappa shape index (κ1) is 14.7. The van der Waals surface area contributed by atoms with Crippen LogP contribution in [0, 0.1) is 13.8 Å². The summed E-state index contributed by atoms with van der Waals surface area (Å²) in [6, 6.07) is 4.61. The standard InChI is InChI=1S/C13H12ClN5O2S/c1-7-3-4-9(22(14,20)21)5-10(7)11-6-19-12(15)16-8(2)17-13(19)18-11/h3-6H,1-2H3,(H2,15,16,17,18). The third kappa shape index (κ3) is 2.51. The van der Waals surface area contributed by atoms with Crippen LogP contribution in [0.15, 0.2) is 29.3 Å². The van der Waals surface area contributed by atoms with Crippen molar-refractivity contribution in [2.75, 3.05) is 5.73 Å². The van der Waals surface area contributed by atoms with Gasteiger partial charge in [-0.25, -0.2) is 13.4 Å². The molecule has 2 heterocycles. The predicted molar refractivity (Wildman–Crippen MR) is 83.1 cm³/mol. The largest absolute Gasteiger partial charge is 0.369 e. The van der Waals surface area contributed by atoms with Crippen molar-refractivity contribution in [2.24, 2.45) is 0 Å². The molecule has 0 atom stereocenters. The van der Waals surface area contributed by atoms with Crippen LogP contribution in [-0.4, -0.2) is 27.8 Å². The van der Waals surface area contributed by atoms with Crippen LogP contribution in [0.5, 0.6) is 0 Å². The Kier molecular flexibility index (Phi) is 3.30. The first-order chi connectivity index (χ1) is 10.3. The van der Waals surface area contributed by atoms with Gasteiger partial charge in [0.05, 0.1) is 10.6 Å².